The first-order valence-electron chi connectivity index (χ1n) is 9.16. The summed E-state index contributed by atoms with van der Waals surface area (Å²) in [6.45, 7) is 1.97. The molecule has 2 aliphatic heterocycles. The molecule has 0 spiro atoms. The highest BCUT2D eigenvalue weighted by Gasteiger charge is 2.37. The van der Waals surface area contributed by atoms with Crippen LogP contribution in [-0.4, -0.2) is 52.1 Å². The molecule has 7 nitrogen and oxygen atoms in total. The molecular weight excluding hydrogens is 332 g/mol. The summed E-state index contributed by atoms with van der Waals surface area (Å²) < 4.78 is 13.0. The van der Waals surface area contributed by atoms with Gasteiger partial charge in [-0.25, -0.2) is 4.68 Å². The minimum Gasteiger partial charge on any atom is -0.497 e. The minimum atomic E-state index is 0.0838. The van der Waals surface area contributed by atoms with E-state index in [1.807, 2.05) is 21.7 Å². The molecule has 4 rings (SSSR count). The number of rotatable bonds is 5. The fourth-order valence-corrected chi connectivity index (χ4v) is 3.80. The van der Waals surface area contributed by atoms with Gasteiger partial charge in [0.1, 0.15) is 5.75 Å². The largest absolute Gasteiger partial charge is 0.497 e. The molecule has 0 saturated carbocycles. The Hall–Kier alpha value is -2.41. The lowest BCUT2D eigenvalue weighted by Gasteiger charge is -2.41. The number of nitrogens with zero attached hydrogens (tertiary/aromatic N) is 4. The van der Waals surface area contributed by atoms with E-state index in [-0.39, 0.29) is 18.1 Å². The van der Waals surface area contributed by atoms with Crippen LogP contribution >= 0.6 is 0 Å². The van der Waals surface area contributed by atoms with E-state index in [0.717, 1.165) is 37.3 Å². The Bertz CT molecular complexity index is 758. The third-order valence-corrected chi connectivity index (χ3v) is 5.30. The number of ether oxygens (including phenoxy) is 2. The normalized spacial score (nSPS) is 21.8. The second-order valence-corrected chi connectivity index (χ2v) is 6.92. The maximum Gasteiger partial charge on any atom is 0.222 e. The van der Waals surface area contributed by atoms with Crippen LogP contribution in [0.4, 0.5) is 0 Å². The second kappa shape index (κ2) is 7.45. The van der Waals surface area contributed by atoms with Gasteiger partial charge >= 0.3 is 0 Å². The highest BCUT2D eigenvalue weighted by molar-refractivity contribution is 5.76. The molecular formula is C19H24N4O3. The summed E-state index contributed by atoms with van der Waals surface area (Å²) in [5.74, 6) is 1.07. The number of carbonyl (C=O) groups is 1. The zero-order chi connectivity index (χ0) is 17.9. The Labute approximate surface area is 152 Å². The Morgan fingerprint density at radius 2 is 2.19 bits per heavy atom. The first-order chi connectivity index (χ1) is 12.7. The van der Waals surface area contributed by atoms with Gasteiger partial charge in [0.2, 0.25) is 5.91 Å². The molecule has 1 amide bonds. The van der Waals surface area contributed by atoms with Crippen LogP contribution in [0.3, 0.4) is 0 Å². The maximum absolute atomic E-state index is 12.6. The summed E-state index contributed by atoms with van der Waals surface area (Å²) in [5, 5.41) is 8.17. The average molecular weight is 356 g/mol. The van der Waals surface area contributed by atoms with Crippen LogP contribution in [0.2, 0.25) is 0 Å². The van der Waals surface area contributed by atoms with Crippen molar-refractivity contribution in [3.8, 4) is 5.75 Å². The summed E-state index contributed by atoms with van der Waals surface area (Å²) in [6, 6.07) is 8.11. The molecule has 0 radical (unpaired) electrons. The number of carbonyl (C=O) groups excluding carboxylic acids is 1. The van der Waals surface area contributed by atoms with Gasteiger partial charge in [0.15, 0.2) is 0 Å². The lowest BCUT2D eigenvalue weighted by Crippen LogP contribution is -2.49. The number of aryl methyl sites for hydroxylation is 1. The van der Waals surface area contributed by atoms with Crippen molar-refractivity contribution in [1.29, 1.82) is 0 Å². The summed E-state index contributed by atoms with van der Waals surface area (Å²) in [7, 11) is 1.66. The molecule has 3 heterocycles. The number of fused-ring (bicyclic) bond motifs is 3. The van der Waals surface area contributed by atoms with Crippen LogP contribution in [0.1, 0.15) is 36.6 Å². The molecule has 2 atom stereocenters. The fraction of sp³-hybridized carbons (Fsp3) is 0.526. The number of aromatic nitrogens is 3. The van der Waals surface area contributed by atoms with E-state index in [2.05, 4.69) is 22.4 Å². The predicted octanol–water partition coefficient (Wildman–Crippen LogP) is 1.98. The summed E-state index contributed by atoms with van der Waals surface area (Å²) in [6.07, 6.45) is 5.04. The Kier molecular flexibility index (Phi) is 4.88. The number of hydrogen-bond donors (Lipinski definition) is 0. The van der Waals surface area contributed by atoms with E-state index in [4.69, 9.17) is 9.47 Å². The Balaban J connectivity index is 1.30. The van der Waals surface area contributed by atoms with E-state index >= 15 is 0 Å². The van der Waals surface area contributed by atoms with Crippen molar-refractivity contribution < 1.29 is 14.3 Å². The lowest BCUT2D eigenvalue weighted by atomic mass is 9.99. The summed E-state index contributed by atoms with van der Waals surface area (Å²) >= 11 is 0. The van der Waals surface area contributed by atoms with Crippen LogP contribution in [-0.2, 0) is 22.6 Å². The van der Waals surface area contributed by atoms with Crippen molar-refractivity contribution in [2.45, 2.75) is 44.4 Å². The maximum atomic E-state index is 12.6. The van der Waals surface area contributed by atoms with Crippen LogP contribution in [0, 0.1) is 0 Å². The van der Waals surface area contributed by atoms with Gasteiger partial charge in [-0.2, -0.15) is 0 Å². The Morgan fingerprint density at radius 3 is 3.00 bits per heavy atom. The number of piperidine rings is 1. The van der Waals surface area contributed by atoms with Crippen molar-refractivity contribution in [1.82, 2.24) is 19.9 Å². The van der Waals surface area contributed by atoms with Crippen LogP contribution in [0.15, 0.2) is 30.5 Å². The van der Waals surface area contributed by atoms with E-state index in [1.165, 1.54) is 5.56 Å². The molecule has 26 heavy (non-hydrogen) atoms. The third kappa shape index (κ3) is 3.44. The third-order valence-electron chi connectivity index (χ3n) is 5.30. The van der Waals surface area contributed by atoms with E-state index in [9.17, 15) is 4.79 Å². The van der Waals surface area contributed by atoms with Gasteiger partial charge in [-0.05, 0) is 37.0 Å². The molecule has 7 heteroatoms. The van der Waals surface area contributed by atoms with Gasteiger partial charge in [0.05, 0.1) is 37.8 Å². The van der Waals surface area contributed by atoms with Gasteiger partial charge in [0, 0.05) is 19.5 Å². The molecule has 0 bridgehead atoms. The molecule has 1 fully saturated rings. The highest BCUT2D eigenvalue weighted by Crippen LogP contribution is 2.30. The fourth-order valence-electron chi connectivity index (χ4n) is 3.80. The standard InChI is InChI=1S/C19H24N4O3/c1-25-16-7-5-14(6-8-16)3-2-4-19(24)22-10-9-18-17(12-22)23-15(13-26-18)11-20-21-23/h5-8,11,17-18H,2-4,9-10,12-13H2,1H3/t17-,18+/m1/s1. The van der Waals surface area contributed by atoms with E-state index in [1.54, 1.807) is 13.3 Å². The number of benzene rings is 1. The Morgan fingerprint density at radius 1 is 1.35 bits per heavy atom. The molecule has 1 aromatic carbocycles. The van der Waals surface area contributed by atoms with Gasteiger partial charge in [0.25, 0.3) is 0 Å². The molecule has 1 saturated heterocycles. The minimum absolute atomic E-state index is 0.0838. The summed E-state index contributed by atoms with van der Waals surface area (Å²) in [5.41, 5.74) is 2.21. The van der Waals surface area contributed by atoms with Crippen LogP contribution < -0.4 is 4.74 Å². The quantitative estimate of drug-likeness (QED) is 0.819. The van der Waals surface area contributed by atoms with Crippen molar-refractivity contribution in [2.75, 3.05) is 20.2 Å². The number of likely N-dealkylation sites (tertiary alicyclic amines) is 1. The lowest BCUT2D eigenvalue weighted by molar-refractivity contribution is -0.138. The number of methoxy groups -OCH3 is 1. The topological polar surface area (TPSA) is 69.5 Å². The molecule has 2 aromatic rings. The van der Waals surface area contributed by atoms with Crippen LogP contribution in [0.25, 0.3) is 0 Å². The van der Waals surface area contributed by atoms with Gasteiger partial charge in [-0.1, -0.05) is 17.3 Å². The number of amides is 1. The molecule has 0 N–H and O–H groups in total. The molecule has 0 unspecified atom stereocenters. The molecule has 138 valence electrons. The van der Waals surface area contributed by atoms with Crippen molar-refractivity contribution in [2.24, 2.45) is 0 Å². The predicted molar refractivity (Wildman–Crippen MR) is 94.8 cm³/mol. The monoisotopic (exact) mass is 356 g/mol. The van der Waals surface area contributed by atoms with E-state index in [0.29, 0.717) is 19.6 Å². The first kappa shape index (κ1) is 17.0. The SMILES string of the molecule is COc1ccc(CCCC(=O)N2CC[C@@H]3OCc4cnnn4[C@@H]3C2)cc1. The van der Waals surface area contributed by atoms with Gasteiger partial charge < -0.3 is 14.4 Å². The van der Waals surface area contributed by atoms with E-state index < -0.39 is 0 Å². The van der Waals surface area contributed by atoms with Crippen molar-refractivity contribution in [3.05, 3.63) is 41.7 Å². The highest BCUT2D eigenvalue weighted by atomic mass is 16.5. The molecule has 0 aliphatic carbocycles. The van der Waals surface area contributed by atoms with Gasteiger partial charge in [-0.3, -0.25) is 4.79 Å². The molecule has 1 aromatic heterocycles. The van der Waals surface area contributed by atoms with Gasteiger partial charge in [-0.15, -0.1) is 5.10 Å². The molecule has 2 aliphatic rings. The summed E-state index contributed by atoms with van der Waals surface area (Å²) in [4.78, 5) is 14.6. The van der Waals surface area contributed by atoms with Crippen molar-refractivity contribution >= 4 is 5.91 Å². The van der Waals surface area contributed by atoms with Crippen LogP contribution in [0.5, 0.6) is 5.75 Å². The number of hydrogen-bond acceptors (Lipinski definition) is 5. The first-order valence-corrected chi connectivity index (χ1v) is 9.16. The smallest absolute Gasteiger partial charge is 0.222 e. The van der Waals surface area contributed by atoms with Crippen molar-refractivity contribution in [3.63, 3.8) is 0 Å². The second-order valence-electron chi connectivity index (χ2n) is 6.92. The zero-order valence-electron chi connectivity index (χ0n) is 15.0. The average Bonchev–Trinajstić information content (AvgIpc) is 3.17. The zero-order valence-corrected chi connectivity index (χ0v) is 15.0.